The molecule has 1 aromatic carbocycles. The molecule has 24 heavy (non-hydrogen) atoms. The molecule has 6 heteroatoms. The maximum absolute atomic E-state index is 4.42. The van der Waals surface area contributed by atoms with Crippen LogP contribution >= 0.6 is 0 Å². The first-order valence-electron chi connectivity index (χ1n) is 8.58. The number of rotatable bonds is 4. The molecule has 0 spiro atoms. The van der Waals surface area contributed by atoms with E-state index in [0.717, 1.165) is 30.8 Å². The molecule has 0 atom stereocenters. The summed E-state index contributed by atoms with van der Waals surface area (Å²) >= 11 is 0. The first-order chi connectivity index (χ1) is 11.8. The molecule has 1 saturated heterocycles. The third-order valence-corrected chi connectivity index (χ3v) is 4.70. The molecule has 0 amide bonds. The van der Waals surface area contributed by atoms with Crippen LogP contribution in [0, 0.1) is 5.92 Å². The SMILES string of the molecule is CN=C(NCc1ncnn1C)N1CCC(Cc2ccccc2)CC1. The third kappa shape index (κ3) is 4.13. The van der Waals surface area contributed by atoms with Gasteiger partial charge in [0, 0.05) is 27.2 Å². The van der Waals surface area contributed by atoms with E-state index in [2.05, 4.69) is 55.6 Å². The Morgan fingerprint density at radius 3 is 2.62 bits per heavy atom. The molecule has 2 heterocycles. The summed E-state index contributed by atoms with van der Waals surface area (Å²) in [5.41, 5.74) is 1.45. The highest BCUT2D eigenvalue weighted by molar-refractivity contribution is 5.79. The Morgan fingerprint density at radius 2 is 2.00 bits per heavy atom. The monoisotopic (exact) mass is 326 g/mol. The summed E-state index contributed by atoms with van der Waals surface area (Å²) in [6.07, 6.45) is 5.17. The molecule has 0 bridgehead atoms. The Balaban J connectivity index is 1.48. The van der Waals surface area contributed by atoms with Gasteiger partial charge in [-0.2, -0.15) is 5.10 Å². The van der Waals surface area contributed by atoms with Gasteiger partial charge in [-0.3, -0.25) is 9.67 Å². The number of nitrogens with one attached hydrogen (secondary N) is 1. The van der Waals surface area contributed by atoms with E-state index in [9.17, 15) is 0 Å². The maximum atomic E-state index is 4.42. The molecule has 1 N–H and O–H groups in total. The molecule has 3 rings (SSSR count). The van der Waals surface area contributed by atoms with E-state index >= 15 is 0 Å². The lowest BCUT2D eigenvalue weighted by Gasteiger charge is -2.34. The zero-order chi connectivity index (χ0) is 16.8. The van der Waals surface area contributed by atoms with Crippen LogP contribution in [0.5, 0.6) is 0 Å². The minimum Gasteiger partial charge on any atom is -0.349 e. The Morgan fingerprint density at radius 1 is 1.25 bits per heavy atom. The fraction of sp³-hybridized carbons (Fsp3) is 0.500. The van der Waals surface area contributed by atoms with Gasteiger partial charge in [0.25, 0.3) is 0 Å². The summed E-state index contributed by atoms with van der Waals surface area (Å²) < 4.78 is 1.78. The number of hydrogen-bond acceptors (Lipinski definition) is 3. The molecule has 0 radical (unpaired) electrons. The Bertz CT molecular complexity index is 655. The molecule has 1 fully saturated rings. The van der Waals surface area contributed by atoms with Gasteiger partial charge in [-0.25, -0.2) is 4.98 Å². The van der Waals surface area contributed by atoms with Crippen molar-refractivity contribution in [2.24, 2.45) is 18.0 Å². The third-order valence-electron chi connectivity index (χ3n) is 4.70. The fourth-order valence-corrected chi connectivity index (χ4v) is 3.27. The molecular formula is C18H26N6. The van der Waals surface area contributed by atoms with Crippen LogP contribution in [0.25, 0.3) is 0 Å². The second kappa shape index (κ2) is 7.95. The van der Waals surface area contributed by atoms with Crippen molar-refractivity contribution in [1.82, 2.24) is 25.0 Å². The van der Waals surface area contributed by atoms with Gasteiger partial charge < -0.3 is 10.2 Å². The van der Waals surface area contributed by atoms with Gasteiger partial charge in [0.15, 0.2) is 5.96 Å². The summed E-state index contributed by atoms with van der Waals surface area (Å²) in [4.78, 5) is 11.0. The van der Waals surface area contributed by atoms with E-state index in [1.807, 2.05) is 14.1 Å². The largest absolute Gasteiger partial charge is 0.349 e. The lowest BCUT2D eigenvalue weighted by molar-refractivity contribution is 0.258. The molecule has 128 valence electrons. The second-order valence-electron chi connectivity index (χ2n) is 6.32. The molecule has 2 aromatic rings. The summed E-state index contributed by atoms with van der Waals surface area (Å²) in [5, 5.41) is 7.49. The number of aromatic nitrogens is 3. The second-order valence-corrected chi connectivity index (χ2v) is 6.32. The first kappa shape index (κ1) is 16.5. The number of aryl methyl sites for hydroxylation is 1. The Hall–Kier alpha value is -2.37. The van der Waals surface area contributed by atoms with E-state index in [4.69, 9.17) is 0 Å². The number of guanidine groups is 1. The average molecular weight is 326 g/mol. The molecular weight excluding hydrogens is 300 g/mol. The number of aliphatic imine (C=N–C) groups is 1. The van der Waals surface area contributed by atoms with Crippen molar-refractivity contribution >= 4 is 5.96 Å². The van der Waals surface area contributed by atoms with Gasteiger partial charge in [0.05, 0.1) is 6.54 Å². The number of piperidine rings is 1. The van der Waals surface area contributed by atoms with E-state index in [0.29, 0.717) is 6.54 Å². The zero-order valence-corrected chi connectivity index (χ0v) is 14.5. The molecule has 0 unspecified atom stereocenters. The quantitative estimate of drug-likeness (QED) is 0.688. The van der Waals surface area contributed by atoms with Crippen LogP contribution in [0.3, 0.4) is 0 Å². The summed E-state index contributed by atoms with van der Waals surface area (Å²) in [7, 11) is 3.75. The van der Waals surface area contributed by atoms with Crippen molar-refractivity contribution in [3.8, 4) is 0 Å². The van der Waals surface area contributed by atoms with Gasteiger partial charge in [0.2, 0.25) is 0 Å². The minimum atomic E-state index is 0.646. The van der Waals surface area contributed by atoms with E-state index in [-0.39, 0.29) is 0 Å². The van der Waals surface area contributed by atoms with Gasteiger partial charge in [0.1, 0.15) is 12.2 Å². The van der Waals surface area contributed by atoms with Crippen LogP contribution < -0.4 is 5.32 Å². The number of nitrogens with zero attached hydrogens (tertiary/aromatic N) is 5. The average Bonchev–Trinajstić information content (AvgIpc) is 3.03. The maximum Gasteiger partial charge on any atom is 0.194 e. The van der Waals surface area contributed by atoms with Crippen LogP contribution in [0.4, 0.5) is 0 Å². The van der Waals surface area contributed by atoms with Crippen LogP contribution in [-0.2, 0) is 20.0 Å². The molecule has 6 nitrogen and oxygen atoms in total. The molecule has 0 saturated carbocycles. The lowest BCUT2D eigenvalue weighted by Crippen LogP contribution is -2.45. The van der Waals surface area contributed by atoms with Gasteiger partial charge in [-0.1, -0.05) is 30.3 Å². The predicted octanol–water partition coefficient (Wildman–Crippen LogP) is 1.85. The van der Waals surface area contributed by atoms with E-state index < -0.39 is 0 Å². The van der Waals surface area contributed by atoms with Crippen molar-refractivity contribution in [2.45, 2.75) is 25.8 Å². The zero-order valence-electron chi connectivity index (χ0n) is 14.5. The molecule has 1 aliphatic heterocycles. The molecule has 1 aromatic heterocycles. The van der Waals surface area contributed by atoms with Crippen LogP contribution in [0.15, 0.2) is 41.7 Å². The highest BCUT2D eigenvalue weighted by atomic mass is 15.3. The fourth-order valence-electron chi connectivity index (χ4n) is 3.27. The van der Waals surface area contributed by atoms with Crippen LogP contribution in [0.1, 0.15) is 24.2 Å². The van der Waals surface area contributed by atoms with E-state index in [1.165, 1.54) is 24.8 Å². The van der Waals surface area contributed by atoms with Crippen LogP contribution in [0.2, 0.25) is 0 Å². The highest BCUT2D eigenvalue weighted by Crippen LogP contribution is 2.21. The number of likely N-dealkylation sites (tertiary alicyclic amines) is 1. The normalized spacial score (nSPS) is 16.4. The summed E-state index contributed by atoms with van der Waals surface area (Å²) in [6.45, 7) is 2.75. The van der Waals surface area contributed by atoms with Gasteiger partial charge >= 0.3 is 0 Å². The van der Waals surface area contributed by atoms with Crippen molar-refractivity contribution in [1.29, 1.82) is 0 Å². The Kier molecular flexibility index (Phi) is 5.46. The standard InChI is InChI=1S/C18H26N6/c1-19-18(20-13-17-21-14-22-23(17)2)24-10-8-16(9-11-24)12-15-6-4-3-5-7-15/h3-7,14,16H,8-13H2,1-2H3,(H,19,20). The first-order valence-corrected chi connectivity index (χ1v) is 8.58. The topological polar surface area (TPSA) is 58.3 Å². The van der Waals surface area contributed by atoms with E-state index in [1.54, 1.807) is 11.0 Å². The predicted molar refractivity (Wildman–Crippen MR) is 95.6 cm³/mol. The molecule has 0 aliphatic carbocycles. The highest BCUT2D eigenvalue weighted by Gasteiger charge is 2.21. The van der Waals surface area contributed by atoms with Crippen molar-refractivity contribution in [3.63, 3.8) is 0 Å². The minimum absolute atomic E-state index is 0.646. The van der Waals surface area contributed by atoms with Gasteiger partial charge in [-0.05, 0) is 30.7 Å². The smallest absolute Gasteiger partial charge is 0.194 e. The molecule has 1 aliphatic rings. The number of hydrogen-bond donors (Lipinski definition) is 1. The van der Waals surface area contributed by atoms with Crippen molar-refractivity contribution < 1.29 is 0 Å². The number of benzene rings is 1. The summed E-state index contributed by atoms with van der Waals surface area (Å²) in [5.74, 6) is 2.63. The van der Waals surface area contributed by atoms with Gasteiger partial charge in [-0.15, -0.1) is 0 Å². The summed E-state index contributed by atoms with van der Waals surface area (Å²) in [6, 6.07) is 10.8. The van der Waals surface area contributed by atoms with Crippen molar-refractivity contribution in [3.05, 3.63) is 48.0 Å². The van der Waals surface area contributed by atoms with Crippen molar-refractivity contribution in [2.75, 3.05) is 20.1 Å². The van der Waals surface area contributed by atoms with Crippen LogP contribution in [-0.4, -0.2) is 45.8 Å². The Labute approximate surface area is 143 Å². The lowest BCUT2D eigenvalue weighted by atomic mass is 9.90.